The van der Waals surface area contributed by atoms with Gasteiger partial charge in [0.25, 0.3) is 0 Å². The Bertz CT molecular complexity index is 337. The van der Waals surface area contributed by atoms with Crippen molar-refractivity contribution < 1.29 is 4.74 Å². The Hall–Kier alpha value is -0.160. The zero-order valence-corrected chi connectivity index (χ0v) is 26.1. The van der Waals surface area contributed by atoms with E-state index in [-0.39, 0.29) is 0 Å². The molecule has 0 amide bonds. The van der Waals surface area contributed by atoms with Crippen molar-refractivity contribution in [3.05, 3.63) is 0 Å². The number of ether oxygens (including phenoxy) is 1. The van der Waals surface area contributed by atoms with Gasteiger partial charge in [0.05, 0.1) is 6.10 Å². The molecule has 34 heavy (non-hydrogen) atoms. The lowest BCUT2D eigenvalue weighted by atomic mass is 9.92. The Kier molecular flexibility index (Phi) is 32.8. The molecule has 2 aliphatic rings. The van der Waals surface area contributed by atoms with Crippen LogP contribution in [0.25, 0.3) is 0 Å². The van der Waals surface area contributed by atoms with Crippen LogP contribution in [0.1, 0.15) is 121 Å². The van der Waals surface area contributed by atoms with E-state index in [1.165, 1.54) is 97.2 Å². The number of rotatable bonds is 10. The van der Waals surface area contributed by atoms with Crippen molar-refractivity contribution in [2.24, 2.45) is 5.92 Å². The molecule has 0 bridgehead atoms. The molecule has 4 nitrogen and oxygen atoms in total. The van der Waals surface area contributed by atoms with Crippen molar-refractivity contribution >= 4 is 0 Å². The number of likely N-dealkylation sites (tertiary alicyclic amines) is 2. The van der Waals surface area contributed by atoms with Crippen LogP contribution >= 0.6 is 0 Å². The van der Waals surface area contributed by atoms with E-state index in [9.17, 15) is 0 Å². The Labute approximate surface area is 218 Å². The SMILES string of the molecule is CC.CC.CC.CCCN(CCCCC1CCN(C)CC1)C(C)C.CCN1CCC(OC)CC1. The van der Waals surface area contributed by atoms with Crippen LogP contribution in [0.3, 0.4) is 0 Å². The molecule has 2 aliphatic heterocycles. The van der Waals surface area contributed by atoms with Crippen LogP contribution < -0.4 is 0 Å². The van der Waals surface area contributed by atoms with Crippen LogP contribution in [-0.4, -0.2) is 86.8 Å². The van der Waals surface area contributed by atoms with Gasteiger partial charge < -0.3 is 19.4 Å². The maximum absolute atomic E-state index is 5.26. The van der Waals surface area contributed by atoms with Crippen LogP contribution in [-0.2, 0) is 4.74 Å². The molecule has 0 saturated carbocycles. The average Bonchev–Trinajstić information content (AvgIpc) is 2.90. The van der Waals surface area contributed by atoms with E-state index in [1.54, 1.807) is 0 Å². The van der Waals surface area contributed by atoms with Crippen LogP contribution in [0.15, 0.2) is 0 Å². The summed E-state index contributed by atoms with van der Waals surface area (Å²) in [4.78, 5) is 7.57. The highest BCUT2D eigenvalue weighted by atomic mass is 16.5. The minimum atomic E-state index is 0.530. The van der Waals surface area contributed by atoms with Crippen molar-refractivity contribution in [2.75, 3.05) is 60.0 Å². The summed E-state index contributed by atoms with van der Waals surface area (Å²) in [6.45, 7) is 30.0. The van der Waals surface area contributed by atoms with E-state index in [0.717, 1.165) is 5.92 Å². The monoisotopic (exact) mass is 488 g/mol. The molecule has 0 aromatic carbocycles. The van der Waals surface area contributed by atoms with Crippen LogP contribution in [0.2, 0.25) is 0 Å². The number of hydrogen-bond donors (Lipinski definition) is 0. The molecule has 210 valence electrons. The first kappa shape index (κ1) is 38.4. The summed E-state index contributed by atoms with van der Waals surface area (Å²) in [6, 6.07) is 0.716. The molecule has 0 N–H and O–H groups in total. The minimum absolute atomic E-state index is 0.530. The predicted octanol–water partition coefficient (Wildman–Crippen LogP) is 7.81. The lowest BCUT2D eigenvalue weighted by Crippen LogP contribution is -2.36. The fourth-order valence-electron chi connectivity index (χ4n) is 4.48. The van der Waals surface area contributed by atoms with Gasteiger partial charge >= 0.3 is 0 Å². The van der Waals surface area contributed by atoms with E-state index in [2.05, 4.69) is 49.4 Å². The topological polar surface area (TPSA) is 19.0 Å². The largest absolute Gasteiger partial charge is 0.381 e. The lowest BCUT2D eigenvalue weighted by molar-refractivity contribution is 0.0427. The summed E-state index contributed by atoms with van der Waals surface area (Å²) in [5.74, 6) is 1.01. The van der Waals surface area contributed by atoms with E-state index in [4.69, 9.17) is 4.74 Å². The fourth-order valence-corrected chi connectivity index (χ4v) is 4.48. The van der Waals surface area contributed by atoms with Gasteiger partial charge in [-0.15, -0.1) is 0 Å². The highest BCUT2D eigenvalue weighted by molar-refractivity contribution is 4.71. The molecule has 0 unspecified atom stereocenters. The molecule has 2 heterocycles. The third kappa shape index (κ3) is 21.1. The molecule has 0 aromatic heterocycles. The zero-order valence-electron chi connectivity index (χ0n) is 26.1. The van der Waals surface area contributed by atoms with Crippen LogP contribution in [0.5, 0.6) is 0 Å². The smallest absolute Gasteiger partial charge is 0.0595 e. The molecular weight excluding hydrogens is 418 g/mol. The first-order chi connectivity index (χ1) is 16.5. The van der Waals surface area contributed by atoms with Crippen LogP contribution in [0, 0.1) is 5.92 Å². The summed E-state index contributed by atoms with van der Waals surface area (Å²) in [5, 5.41) is 0. The molecule has 2 saturated heterocycles. The van der Waals surface area contributed by atoms with Crippen molar-refractivity contribution in [1.29, 1.82) is 0 Å². The second-order valence-corrected chi connectivity index (χ2v) is 9.24. The Morgan fingerprint density at radius 1 is 0.794 bits per heavy atom. The first-order valence-corrected chi connectivity index (χ1v) is 15.2. The lowest BCUT2D eigenvalue weighted by Gasteiger charge is -2.29. The zero-order chi connectivity index (χ0) is 26.8. The van der Waals surface area contributed by atoms with Gasteiger partial charge in [-0.2, -0.15) is 0 Å². The fraction of sp³-hybridized carbons (Fsp3) is 1.00. The quantitative estimate of drug-likeness (QED) is 0.292. The number of hydrogen-bond acceptors (Lipinski definition) is 4. The maximum atomic E-state index is 5.26. The van der Waals surface area contributed by atoms with Gasteiger partial charge in [0, 0.05) is 26.2 Å². The number of nitrogens with zero attached hydrogens (tertiary/aromatic N) is 3. The Morgan fingerprint density at radius 3 is 1.74 bits per heavy atom. The van der Waals surface area contributed by atoms with E-state index in [1.807, 2.05) is 48.7 Å². The van der Waals surface area contributed by atoms with Gasteiger partial charge in [-0.25, -0.2) is 0 Å². The number of methoxy groups -OCH3 is 1. The number of piperidine rings is 2. The molecule has 0 radical (unpaired) electrons. The van der Waals surface area contributed by atoms with Crippen molar-refractivity contribution in [1.82, 2.24) is 14.7 Å². The van der Waals surface area contributed by atoms with E-state index in [0.29, 0.717) is 12.1 Å². The van der Waals surface area contributed by atoms with Gasteiger partial charge in [-0.1, -0.05) is 68.2 Å². The van der Waals surface area contributed by atoms with E-state index < -0.39 is 0 Å². The van der Waals surface area contributed by atoms with Crippen molar-refractivity contribution in [3.8, 4) is 0 Å². The molecule has 2 rings (SSSR count). The third-order valence-electron chi connectivity index (χ3n) is 6.70. The Balaban J connectivity index is -0.000000507. The minimum Gasteiger partial charge on any atom is -0.381 e. The van der Waals surface area contributed by atoms with Crippen molar-refractivity contribution in [2.45, 2.75) is 133 Å². The predicted molar refractivity (Wildman–Crippen MR) is 157 cm³/mol. The van der Waals surface area contributed by atoms with Crippen LogP contribution in [0.4, 0.5) is 0 Å². The summed E-state index contributed by atoms with van der Waals surface area (Å²) in [7, 11) is 4.06. The molecule has 2 fully saturated rings. The van der Waals surface area contributed by atoms with Gasteiger partial charge in [0.15, 0.2) is 0 Å². The standard InChI is InChI=1S/C16H34N2.C8H17NO.3C2H6/c1-5-11-18(15(2)3)12-7-6-8-16-9-13-17(4)14-10-16;1-3-9-6-4-8(10-2)5-7-9;3*1-2/h15-16H,5-14H2,1-4H3;8H,3-7H2,1-2H3;3*1-2H3. The van der Waals surface area contributed by atoms with Gasteiger partial charge in [-0.05, 0) is 98.1 Å². The number of unbranched alkanes of at least 4 members (excludes halogenated alkanes) is 1. The van der Waals surface area contributed by atoms with Gasteiger partial charge in [-0.3, -0.25) is 0 Å². The molecule has 0 spiro atoms. The molecule has 0 aliphatic carbocycles. The third-order valence-corrected chi connectivity index (χ3v) is 6.70. The Morgan fingerprint density at radius 2 is 1.32 bits per heavy atom. The highest BCUT2D eigenvalue weighted by Crippen LogP contribution is 2.21. The van der Waals surface area contributed by atoms with Gasteiger partial charge in [0.2, 0.25) is 0 Å². The summed E-state index contributed by atoms with van der Waals surface area (Å²) in [6.07, 6.45) is 11.4. The van der Waals surface area contributed by atoms with Crippen molar-refractivity contribution in [3.63, 3.8) is 0 Å². The van der Waals surface area contributed by atoms with E-state index >= 15 is 0 Å². The molecule has 0 atom stereocenters. The molecule has 0 aromatic rings. The van der Waals surface area contributed by atoms with Gasteiger partial charge in [0.1, 0.15) is 0 Å². The summed E-state index contributed by atoms with van der Waals surface area (Å²) < 4.78 is 5.26. The summed E-state index contributed by atoms with van der Waals surface area (Å²) in [5.41, 5.74) is 0. The first-order valence-electron chi connectivity index (χ1n) is 15.2. The maximum Gasteiger partial charge on any atom is 0.0595 e. The second-order valence-electron chi connectivity index (χ2n) is 9.24. The summed E-state index contributed by atoms with van der Waals surface area (Å²) >= 11 is 0. The molecule has 4 heteroatoms. The molecular formula is C30H69N3O. The normalized spacial score (nSPS) is 17.5. The second kappa shape index (κ2) is 29.1. The average molecular weight is 488 g/mol. The highest BCUT2D eigenvalue weighted by Gasteiger charge is 2.17.